The first kappa shape index (κ1) is 11.3. The Bertz CT molecular complexity index is 299. The fourth-order valence-corrected chi connectivity index (χ4v) is 1.48. The molecule has 0 amide bonds. The quantitative estimate of drug-likeness (QED) is 0.831. The molecule has 0 unspecified atom stereocenters. The SMILES string of the molecule is CNCc1c(Cl)cccc1OC(C)C. The van der Waals surface area contributed by atoms with Crippen LogP contribution in [0.15, 0.2) is 18.2 Å². The standard InChI is InChI=1S/C11H16ClNO/c1-8(2)14-11-6-4-5-10(12)9(11)7-13-3/h4-6,8,13H,7H2,1-3H3. The third kappa shape index (κ3) is 2.89. The van der Waals surface area contributed by atoms with Gasteiger partial charge < -0.3 is 10.1 Å². The van der Waals surface area contributed by atoms with Crippen LogP contribution in [0.5, 0.6) is 5.75 Å². The Balaban J connectivity index is 2.95. The van der Waals surface area contributed by atoms with Gasteiger partial charge in [-0.3, -0.25) is 0 Å². The Morgan fingerprint density at radius 3 is 2.71 bits per heavy atom. The molecule has 1 aromatic carbocycles. The molecule has 0 spiro atoms. The summed E-state index contributed by atoms with van der Waals surface area (Å²) >= 11 is 6.07. The maximum absolute atomic E-state index is 6.07. The first-order chi connectivity index (χ1) is 6.65. The highest BCUT2D eigenvalue weighted by molar-refractivity contribution is 6.31. The summed E-state index contributed by atoms with van der Waals surface area (Å²) in [5.74, 6) is 0.863. The van der Waals surface area contributed by atoms with Gasteiger partial charge in [-0.1, -0.05) is 17.7 Å². The van der Waals surface area contributed by atoms with E-state index in [-0.39, 0.29) is 6.10 Å². The maximum atomic E-state index is 6.07. The van der Waals surface area contributed by atoms with Crippen molar-refractivity contribution in [3.05, 3.63) is 28.8 Å². The molecular formula is C11H16ClNO. The second kappa shape index (κ2) is 5.23. The molecule has 0 radical (unpaired) electrons. The molecule has 0 fully saturated rings. The van der Waals surface area contributed by atoms with Gasteiger partial charge in [0.15, 0.2) is 0 Å². The lowest BCUT2D eigenvalue weighted by molar-refractivity contribution is 0.239. The van der Waals surface area contributed by atoms with Crippen molar-refractivity contribution in [2.45, 2.75) is 26.5 Å². The lowest BCUT2D eigenvalue weighted by atomic mass is 10.2. The van der Waals surface area contributed by atoms with Gasteiger partial charge in [-0.2, -0.15) is 0 Å². The van der Waals surface area contributed by atoms with Crippen LogP contribution in [-0.2, 0) is 6.54 Å². The van der Waals surface area contributed by atoms with E-state index in [1.165, 1.54) is 0 Å². The molecule has 3 heteroatoms. The van der Waals surface area contributed by atoms with E-state index in [1.54, 1.807) is 0 Å². The predicted molar refractivity (Wildman–Crippen MR) is 60.0 cm³/mol. The number of hydrogen-bond acceptors (Lipinski definition) is 2. The first-order valence-corrected chi connectivity index (χ1v) is 5.11. The van der Waals surface area contributed by atoms with Gasteiger partial charge in [-0.25, -0.2) is 0 Å². The largest absolute Gasteiger partial charge is 0.491 e. The molecule has 0 aliphatic heterocycles. The highest BCUT2D eigenvalue weighted by Gasteiger charge is 2.08. The van der Waals surface area contributed by atoms with E-state index in [0.717, 1.165) is 22.9 Å². The van der Waals surface area contributed by atoms with Crippen molar-refractivity contribution in [1.29, 1.82) is 0 Å². The Morgan fingerprint density at radius 2 is 2.14 bits per heavy atom. The van der Waals surface area contributed by atoms with Crippen LogP contribution in [0.25, 0.3) is 0 Å². The van der Waals surface area contributed by atoms with Crippen molar-refractivity contribution in [3.63, 3.8) is 0 Å². The Kier molecular flexibility index (Phi) is 4.23. The Morgan fingerprint density at radius 1 is 1.43 bits per heavy atom. The van der Waals surface area contributed by atoms with Gasteiger partial charge in [0.25, 0.3) is 0 Å². The third-order valence-corrected chi connectivity index (χ3v) is 2.15. The van der Waals surface area contributed by atoms with Crippen LogP contribution in [0.2, 0.25) is 5.02 Å². The van der Waals surface area contributed by atoms with Crippen molar-refractivity contribution in [3.8, 4) is 5.75 Å². The molecule has 0 saturated heterocycles. The Hall–Kier alpha value is -0.730. The molecule has 0 heterocycles. The van der Waals surface area contributed by atoms with E-state index in [9.17, 15) is 0 Å². The maximum Gasteiger partial charge on any atom is 0.125 e. The Labute approximate surface area is 90.2 Å². The summed E-state index contributed by atoms with van der Waals surface area (Å²) in [6.07, 6.45) is 0.170. The van der Waals surface area contributed by atoms with E-state index in [0.29, 0.717) is 0 Å². The molecule has 0 aliphatic carbocycles. The average molecular weight is 214 g/mol. The number of halogens is 1. The highest BCUT2D eigenvalue weighted by atomic mass is 35.5. The van der Waals surface area contributed by atoms with Crippen molar-refractivity contribution >= 4 is 11.6 Å². The van der Waals surface area contributed by atoms with E-state index < -0.39 is 0 Å². The zero-order valence-electron chi connectivity index (χ0n) is 8.80. The summed E-state index contributed by atoms with van der Waals surface area (Å²) in [5.41, 5.74) is 1.02. The van der Waals surface area contributed by atoms with Crippen LogP contribution in [0.3, 0.4) is 0 Å². The van der Waals surface area contributed by atoms with Crippen LogP contribution >= 0.6 is 11.6 Å². The summed E-state index contributed by atoms with van der Waals surface area (Å²) in [7, 11) is 1.89. The minimum atomic E-state index is 0.170. The molecule has 0 aliphatic rings. The van der Waals surface area contributed by atoms with E-state index in [2.05, 4.69) is 5.32 Å². The molecule has 0 saturated carbocycles. The molecule has 0 atom stereocenters. The molecule has 14 heavy (non-hydrogen) atoms. The van der Waals surface area contributed by atoms with Crippen molar-refractivity contribution < 1.29 is 4.74 Å². The van der Waals surface area contributed by atoms with Crippen molar-refractivity contribution in [2.75, 3.05) is 7.05 Å². The number of rotatable bonds is 4. The molecule has 1 rings (SSSR count). The summed E-state index contributed by atoms with van der Waals surface area (Å²) in [5, 5.41) is 3.82. The molecule has 2 nitrogen and oxygen atoms in total. The summed E-state index contributed by atoms with van der Waals surface area (Å²) in [6.45, 7) is 4.73. The minimum Gasteiger partial charge on any atom is -0.491 e. The number of ether oxygens (including phenoxy) is 1. The monoisotopic (exact) mass is 213 g/mol. The lowest BCUT2D eigenvalue weighted by Gasteiger charge is -2.15. The van der Waals surface area contributed by atoms with E-state index >= 15 is 0 Å². The zero-order valence-corrected chi connectivity index (χ0v) is 9.56. The van der Waals surface area contributed by atoms with Gasteiger partial charge in [-0.15, -0.1) is 0 Å². The predicted octanol–water partition coefficient (Wildman–Crippen LogP) is 2.85. The van der Waals surface area contributed by atoms with Crippen LogP contribution in [-0.4, -0.2) is 13.2 Å². The normalized spacial score (nSPS) is 10.6. The number of hydrogen-bond donors (Lipinski definition) is 1. The first-order valence-electron chi connectivity index (χ1n) is 4.73. The number of nitrogens with one attached hydrogen (secondary N) is 1. The van der Waals surface area contributed by atoms with Gasteiger partial charge in [0.05, 0.1) is 6.10 Å². The van der Waals surface area contributed by atoms with E-state index in [4.69, 9.17) is 16.3 Å². The molecule has 0 bridgehead atoms. The smallest absolute Gasteiger partial charge is 0.125 e. The molecule has 1 N–H and O–H groups in total. The fraction of sp³-hybridized carbons (Fsp3) is 0.455. The molecule has 78 valence electrons. The van der Waals surface area contributed by atoms with Gasteiger partial charge >= 0.3 is 0 Å². The summed E-state index contributed by atoms with van der Waals surface area (Å²) in [4.78, 5) is 0. The summed E-state index contributed by atoms with van der Waals surface area (Å²) in [6, 6.07) is 5.72. The highest BCUT2D eigenvalue weighted by Crippen LogP contribution is 2.26. The zero-order chi connectivity index (χ0) is 10.6. The lowest BCUT2D eigenvalue weighted by Crippen LogP contribution is -2.11. The van der Waals surface area contributed by atoms with Crippen molar-refractivity contribution in [2.24, 2.45) is 0 Å². The van der Waals surface area contributed by atoms with Crippen molar-refractivity contribution in [1.82, 2.24) is 5.32 Å². The summed E-state index contributed by atoms with van der Waals surface area (Å²) < 4.78 is 5.65. The van der Waals surface area contributed by atoms with E-state index in [1.807, 2.05) is 39.1 Å². The fourth-order valence-electron chi connectivity index (χ4n) is 1.25. The van der Waals surface area contributed by atoms with Gasteiger partial charge in [-0.05, 0) is 33.0 Å². The van der Waals surface area contributed by atoms with Gasteiger partial charge in [0, 0.05) is 17.1 Å². The van der Waals surface area contributed by atoms with Crippen LogP contribution in [0.4, 0.5) is 0 Å². The van der Waals surface area contributed by atoms with Crippen LogP contribution < -0.4 is 10.1 Å². The topological polar surface area (TPSA) is 21.3 Å². The van der Waals surface area contributed by atoms with Gasteiger partial charge in [0.1, 0.15) is 5.75 Å². The second-order valence-electron chi connectivity index (χ2n) is 3.41. The molecular weight excluding hydrogens is 198 g/mol. The van der Waals surface area contributed by atoms with Crippen LogP contribution in [0.1, 0.15) is 19.4 Å². The number of benzene rings is 1. The van der Waals surface area contributed by atoms with Crippen LogP contribution in [0, 0.1) is 0 Å². The minimum absolute atomic E-state index is 0.170. The average Bonchev–Trinajstić information content (AvgIpc) is 2.10. The second-order valence-corrected chi connectivity index (χ2v) is 3.82. The third-order valence-electron chi connectivity index (χ3n) is 1.79. The van der Waals surface area contributed by atoms with Gasteiger partial charge in [0.2, 0.25) is 0 Å². The molecule has 1 aromatic rings. The molecule has 0 aromatic heterocycles.